The molecule has 1 aliphatic heterocycles. The van der Waals surface area contributed by atoms with Crippen LogP contribution in [0.25, 0.3) is 0 Å². The summed E-state index contributed by atoms with van der Waals surface area (Å²) in [6.07, 6.45) is 3.20. The summed E-state index contributed by atoms with van der Waals surface area (Å²) in [7, 11) is 1.89. The number of nitriles is 1. The quantitative estimate of drug-likeness (QED) is 0.657. The number of aromatic nitrogens is 3. The largest absolute Gasteiger partial charge is 0.337 e. The van der Waals surface area contributed by atoms with Crippen molar-refractivity contribution in [1.29, 1.82) is 5.26 Å². The Labute approximate surface area is 122 Å². The average molecular weight is 294 g/mol. The number of hydrogen-bond donors (Lipinski definition) is 1. The summed E-state index contributed by atoms with van der Waals surface area (Å²) in [5.41, 5.74) is 0. The number of carbonyl (C=O) groups is 1. The van der Waals surface area contributed by atoms with E-state index in [0.29, 0.717) is 19.6 Å². The summed E-state index contributed by atoms with van der Waals surface area (Å²) in [5, 5.41) is 20.3. The van der Waals surface area contributed by atoms with Crippen LogP contribution in [-0.2, 0) is 7.05 Å². The standard InChI is InChI=1S/C12H18N6OS/c1-17-9-15-16-12(17)20-7-4-14-11(19)18-5-2-10(8-13)3-6-18/h9-10H,2-7H2,1H3,(H,14,19). The zero-order chi connectivity index (χ0) is 14.4. The molecular formula is C12H18N6OS. The van der Waals surface area contributed by atoms with Crippen molar-refractivity contribution >= 4 is 17.8 Å². The summed E-state index contributed by atoms with van der Waals surface area (Å²) in [6.45, 7) is 1.93. The molecular weight excluding hydrogens is 276 g/mol. The first-order valence-electron chi connectivity index (χ1n) is 6.60. The average Bonchev–Trinajstić information content (AvgIpc) is 2.89. The second-order valence-electron chi connectivity index (χ2n) is 4.70. The van der Waals surface area contributed by atoms with Gasteiger partial charge in [-0.05, 0) is 12.8 Å². The van der Waals surface area contributed by atoms with Crippen LogP contribution in [0.5, 0.6) is 0 Å². The molecule has 0 aliphatic carbocycles. The highest BCUT2D eigenvalue weighted by Gasteiger charge is 2.21. The van der Waals surface area contributed by atoms with Crippen LogP contribution in [0.4, 0.5) is 4.79 Å². The first kappa shape index (κ1) is 14.7. The van der Waals surface area contributed by atoms with Gasteiger partial charge in [0, 0.05) is 38.4 Å². The molecule has 1 aromatic heterocycles. The number of piperidine rings is 1. The minimum Gasteiger partial charge on any atom is -0.337 e. The lowest BCUT2D eigenvalue weighted by Gasteiger charge is -2.29. The highest BCUT2D eigenvalue weighted by molar-refractivity contribution is 7.99. The van der Waals surface area contributed by atoms with E-state index in [9.17, 15) is 4.79 Å². The summed E-state index contributed by atoms with van der Waals surface area (Å²) in [4.78, 5) is 13.7. The molecule has 2 amide bonds. The van der Waals surface area contributed by atoms with Gasteiger partial charge in [-0.2, -0.15) is 5.26 Å². The highest BCUT2D eigenvalue weighted by atomic mass is 32.2. The minimum atomic E-state index is -0.0417. The molecule has 2 heterocycles. The van der Waals surface area contributed by atoms with E-state index in [4.69, 9.17) is 5.26 Å². The van der Waals surface area contributed by atoms with Gasteiger partial charge in [0.1, 0.15) is 6.33 Å². The number of amides is 2. The van der Waals surface area contributed by atoms with Crippen molar-refractivity contribution < 1.29 is 4.79 Å². The summed E-state index contributed by atoms with van der Waals surface area (Å²) in [6, 6.07) is 2.22. The van der Waals surface area contributed by atoms with Gasteiger partial charge in [0.2, 0.25) is 0 Å². The van der Waals surface area contributed by atoms with Crippen molar-refractivity contribution in [3.8, 4) is 6.07 Å². The molecule has 1 fully saturated rings. The normalized spacial score (nSPS) is 15.9. The van der Waals surface area contributed by atoms with Gasteiger partial charge in [0.05, 0.1) is 6.07 Å². The van der Waals surface area contributed by atoms with E-state index in [1.807, 2.05) is 11.6 Å². The van der Waals surface area contributed by atoms with E-state index < -0.39 is 0 Å². The van der Waals surface area contributed by atoms with E-state index >= 15 is 0 Å². The first-order valence-corrected chi connectivity index (χ1v) is 7.58. The Morgan fingerprint density at radius 2 is 2.35 bits per heavy atom. The summed E-state index contributed by atoms with van der Waals surface area (Å²) >= 11 is 1.56. The number of aryl methyl sites for hydroxylation is 1. The fraction of sp³-hybridized carbons (Fsp3) is 0.667. The third-order valence-electron chi connectivity index (χ3n) is 3.24. The van der Waals surface area contributed by atoms with Gasteiger partial charge in [0.25, 0.3) is 0 Å². The van der Waals surface area contributed by atoms with E-state index in [0.717, 1.165) is 23.8 Å². The summed E-state index contributed by atoms with van der Waals surface area (Å²) < 4.78 is 1.85. The van der Waals surface area contributed by atoms with Crippen LogP contribution < -0.4 is 5.32 Å². The fourth-order valence-corrected chi connectivity index (χ4v) is 2.77. The molecule has 8 heteroatoms. The van der Waals surface area contributed by atoms with Crippen molar-refractivity contribution in [2.24, 2.45) is 13.0 Å². The van der Waals surface area contributed by atoms with Crippen LogP contribution in [0.3, 0.4) is 0 Å². The molecule has 0 spiro atoms. The molecule has 108 valence electrons. The molecule has 2 rings (SSSR count). The molecule has 1 N–H and O–H groups in total. The van der Waals surface area contributed by atoms with Gasteiger partial charge in [-0.1, -0.05) is 11.8 Å². The Hall–Kier alpha value is -1.75. The molecule has 1 saturated heterocycles. The molecule has 0 saturated carbocycles. The smallest absolute Gasteiger partial charge is 0.317 e. The second kappa shape index (κ2) is 7.14. The monoisotopic (exact) mass is 294 g/mol. The van der Waals surface area contributed by atoms with Gasteiger partial charge in [-0.25, -0.2) is 4.79 Å². The number of nitrogens with one attached hydrogen (secondary N) is 1. The number of carbonyl (C=O) groups excluding carboxylic acids is 1. The number of hydrogen-bond acceptors (Lipinski definition) is 5. The van der Waals surface area contributed by atoms with E-state index in [2.05, 4.69) is 21.6 Å². The summed E-state index contributed by atoms with van der Waals surface area (Å²) in [5.74, 6) is 0.859. The molecule has 1 aliphatic rings. The zero-order valence-corrected chi connectivity index (χ0v) is 12.3. The Kier molecular flexibility index (Phi) is 5.24. The van der Waals surface area contributed by atoms with Gasteiger partial charge in [0.15, 0.2) is 5.16 Å². The maximum atomic E-state index is 11.9. The second-order valence-corrected chi connectivity index (χ2v) is 5.76. The lowest BCUT2D eigenvalue weighted by molar-refractivity contribution is 0.179. The predicted molar refractivity (Wildman–Crippen MR) is 75.0 cm³/mol. The van der Waals surface area contributed by atoms with Crippen molar-refractivity contribution in [2.75, 3.05) is 25.4 Å². The van der Waals surface area contributed by atoms with E-state index in [1.165, 1.54) is 0 Å². The van der Waals surface area contributed by atoms with Crippen LogP contribution in [0.15, 0.2) is 11.5 Å². The van der Waals surface area contributed by atoms with Crippen LogP contribution in [0.2, 0.25) is 0 Å². The molecule has 0 aromatic carbocycles. The Balaban J connectivity index is 1.63. The minimum absolute atomic E-state index is 0.0417. The van der Waals surface area contributed by atoms with Crippen LogP contribution in [0.1, 0.15) is 12.8 Å². The molecule has 0 bridgehead atoms. The van der Waals surface area contributed by atoms with Crippen LogP contribution in [0, 0.1) is 17.2 Å². The Morgan fingerprint density at radius 3 is 2.95 bits per heavy atom. The van der Waals surface area contributed by atoms with Crippen LogP contribution in [-0.4, -0.2) is 51.1 Å². The molecule has 0 unspecified atom stereocenters. The lowest BCUT2D eigenvalue weighted by Crippen LogP contribution is -2.44. The highest BCUT2D eigenvalue weighted by Crippen LogP contribution is 2.16. The van der Waals surface area contributed by atoms with Crippen molar-refractivity contribution in [2.45, 2.75) is 18.0 Å². The molecule has 7 nitrogen and oxygen atoms in total. The molecule has 1 aromatic rings. The van der Waals surface area contributed by atoms with Crippen molar-refractivity contribution in [3.63, 3.8) is 0 Å². The third-order valence-corrected chi connectivity index (χ3v) is 4.28. The van der Waals surface area contributed by atoms with Crippen molar-refractivity contribution in [3.05, 3.63) is 6.33 Å². The topological polar surface area (TPSA) is 86.8 Å². The maximum Gasteiger partial charge on any atom is 0.317 e. The number of urea groups is 1. The van der Waals surface area contributed by atoms with E-state index in [-0.39, 0.29) is 11.9 Å². The number of nitrogens with zero attached hydrogens (tertiary/aromatic N) is 5. The van der Waals surface area contributed by atoms with Crippen LogP contribution >= 0.6 is 11.8 Å². The number of likely N-dealkylation sites (tertiary alicyclic amines) is 1. The zero-order valence-electron chi connectivity index (χ0n) is 11.4. The third kappa shape index (κ3) is 3.87. The number of rotatable bonds is 4. The Morgan fingerprint density at radius 1 is 1.60 bits per heavy atom. The lowest BCUT2D eigenvalue weighted by atomic mass is 9.99. The first-order chi connectivity index (χ1) is 9.70. The van der Waals surface area contributed by atoms with Gasteiger partial charge < -0.3 is 14.8 Å². The SMILES string of the molecule is Cn1cnnc1SCCNC(=O)N1CCC(C#N)CC1. The maximum absolute atomic E-state index is 11.9. The molecule has 20 heavy (non-hydrogen) atoms. The predicted octanol–water partition coefficient (Wildman–Crippen LogP) is 0.852. The number of thioether (sulfide) groups is 1. The van der Waals surface area contributed by atoms with Crippen molar-refractivity contribution in [1.82, 2.24) is 25.0 Å². The molecule has 0 radical (unpaired) electrons. The Bertz CT molecular complexity index is 488. The van der Waals surface area contributed by atoms with E-state index in [1.54, 1.807) is 23.0 Å². The van der Waals surface area contributed by atoms with Gasteiger partial charge >= 0.3 is 6.03 Å². The van der Waals surface area contributed by atoms with Gasteiger partial charge in [-0.15, -0.1) is 10.2 Å². The fourth-order valence-electron chi connectivity index (χ4n) is 2.03. The van der Waals surface area contributed by atoms with Gasteiger partial charge in [-0.3, -0.25) is 0 Å². The molecule has 0 atom stereocenters.